The number of alkyl halides is 3. The molecule has 0 aromatic heterocycles. The number of ether oxygens (including phenoxy) is 2. The van der Waals surface area contributed by atoms with Gasteiger partial charge in [0.15, 0.2) is 0 Å². The van der Waals surface area contributed by atoms with Crippen molar-refractivity contribution in [2.45, 2.75) is 24.1 Å². The van der Waals surface area contributed by atoms with Gasteiger partial charge in [0, 0.05) is 18.5 Å². The van der Waals surface area contributed by atoms with E-state index in [2.05, 4.69) is 28.1 Å². The molecular weight excluding hydrogens is 318 g/mol. The lowest BCUT2D eigenvalue weighted by atomic mass is 10.1. The number of methoxy groups -OCH3 is 1. The fourth-order valence-corrected chi connectivity index (χ4v) is 2.13. The van der Waals surface area contributed by atoms with Crippen molar-refractivity contribution in [2.24, 2.45) is 0 Å². The molecule has 0 fully saturated rings. The average molecular weight is 337 g/mol. The van der Waals surface area contributed by atoms with Crippen LogP contribution in [0.15, 0.2) is 24.3 Å². The predicted molar refractivity (Wildman–Crippen MR) is 75.1 cm³/mol. The van der Waals surface area contributed by atoms with Gasteiger partial charge in [-0.15, -0.1) is 0 Å². The lowest BCUT2D eigenvalue weighted by Gasteiger charge is -2.11. The normalized spacial score (nSPS) is 12.9. The molecule has 0 aliphatic rings. The summed E-state index contributed by atoms with van der Waals surface area (Å²) in [7, 11) is 1.68. The maximum Gasteiger partial charge on any atom is 0.261 e. The van der Waals surface area contributed by atoms with Crippen molar-refractivity contribution < 1.29 is 18.3 Å². The van der Waals surface area contributed by atoms with Crippen molar-refractivity contribution in [2.75, 3.05) is 26.9 Å². The van der Waals surface area contributed by atoms with E-state index in [4.69, 9.17) is 9.47 Å². The maximum atomic E-state index is 11.9. The highest BCUT2D eigenvalue weighted by Gasteiger charge is 2.08. The Morgan fingerprint density at radius 1 is 1.16 bits per heavy atom. The Hall–Kier alpha value is -0.520. The van der Waals surface area contributed by atoms with Crippen molar-refractivity contribution in [1.82, 2.24) is 0 Å². The fraction of sp³-hybridized carbons (Fsp3) is 0.571. The van der Waals surface area contributed by atoms with Crippen LogP contribution in [-0.4, -0.2) is 33.4 Å². The molecule has 5 heteroatoms. The molecule has 1 rings (SSSR count). The van der Waals surface area contributed by atoms with Crippen LogP contribution in [0.1, 0.15) is 22.4 Å². The van der Waals surface area contributed by atoms with Crippen LogP contribution in [0.25, 0.3) is 0 Å². The first-order chi connectivity index (χ1) is 9.13. The van der Waals surface area contributed by atoms with Crippen LogP contribution >= 0.6 is 15.9 Å². The van der Waals surface area contributed by atoms with E-state index >= 15 is 0 Å². The smallest absolute Gasteiger partial charge is 0.261 e. The number of halogens is 3. The van der Waals surface area contributed by atoms with Gasteiger partial charge < -0.3 is 9.47 Å². The van der Waals surface area contributed by atoms with Crippen LogP contribution in [0.4, 0.5) is 8.78 Å². The Labute approximate surface area is 121 Å². The molecule has 0 amide bonds. The molecule has 1 aromatic carbocycles. The van der Waals surface area contributed by atoms with Gasteiger partial charge >= 0.3 is 0 Å². The monoisotopic (exact) mass is 336 g/mol. The molecule has 0 aliphatic heterocycles. The van der Waals surface area contributed by atoms with Crippen molar-refractivity contribution in [3.8, 4) is 0 Å². The summed E-state index contributed by atoms with van der Waals surface area (Å²) >= 11 is 3.54. The minimum absolute atomic E-state index is 0.127. The largest absolute Gasteiger partial charge is 0.384 e. The SMILES string of the molecule is COCCc1ccc(C(Br)CCOCC(F)F)cc1. The van der Waals surface area contributed by atoms with Crippen molar-refractivity contribution in [3.05, 3.63) is 35.4 Å². The van der Waals surface area contributed by atoms with Crippen molar-refractivity contribution in [3.63, 3.8) is 0 Å². The van der Waals surface area contributed by atoms with Gasteiger partial charge in [-0.25, -0.2) is 8.78 Å². The van der Waals surface area contributed by atoms with Crippen LogP contribution < -0.4 is 0 Å². The van der Waals surface area contributed by atoms with Gasteiger partial charge in [0.25, 0.3) is 6.43 Å². The molecular formula is C14H19BrF2O2. The van der Waals surface area contributed by atoms with Crippen molar-refractivity contribution >= 4 is 15.9 Å². The highest BCUT2D eigenvalue weighted by molar-refractivity contribution is 9.09. The summed E-state index contributed by atoms with van der Waals surface area (Å²) in [5.41, 5.74) is 2.35. The third-order valence-corrected chi connectivity index (χ3v) is 3.68. The second-order valence-corrected chi connectivity index (χ2v) is 5.31. The number of rotatable bonds is 9. The number of hydrogen-bond acceptors (Lipinski definition) is 2. The van der Waals surface area contributed by atoms with E-state index in [1.807, 2.05) is 12.1 Å². The summed E-state index contributed by atoms with van der Waals surface area (Å²) in [5, 5.41) is 0. The zero-order chi connectivity index (χ0) is 14.1. The lowest BCUT2D eigenvalue weighted by Crippen LogP contribution is -2.06. The molecule has 0 N–H and O–H groups in total. The average Bonchev–Trinajstić information content (AvgIpc) is 2.41. The molecule has 0 saturated heterocycles. The first-order valence-electron chi connectivity index (χ1n) is 6.21. The minimum Gasteiger partial charge on any atom is -0.384 e. The molecule has 0 heterocycles. The van der Waals surface area contributed by atoms with E-state index in [1.165, 1.54) is 5.56 Å². The highest BCUT2D eigenvalue weighted by atomic mass is 79.9. The van der Waals surface area contributed by atoms with Gasteiger partial charge in [-0.3, -0.25) is 0 Å². The molecule has 0 bridgehead atoms. The van der Waals surface area contributed by atoms with Crippen LogP contribution in [-0.2, 0) is 15.9 Å². The molecule has 108 valence electrons. The van der Waals surface area contributed by atoms with E-state index in [9.17, 15) is 8.78 Å². The summed E-state index contributed by atoms with van der Waals surface area (Å²) in [4.78, 5) is 0.127. The van der Waals surface area contributed by atoms with Gasteiger partial charge in [0.05, 0.1) is 6.61 Å². The maximum absolute atomic E-state index is 11.9. The Kier molecular flexibility index (Phi) is 8.18. The molecule has 0 saturated carbocycles. The first-order valence-corrected chi connectivity index (χ1v) is 7.12. The third-order valence-electron chi connectivity index (χ3n) is 2.70. The first kappa shape index (κ1) is 16.5. The van der Waals surface area contributed by atoms with E-state index in [1.54, 1.807) is 7.11 Å². The van der Waals surface area contributed by atoms with E-state index in [0.717, 1.165) is 12.0 Å². The Morgan fingerprint density at radius 3 is 2.42 bits per heavy atom. The fourth-order valence-electron chi connectivity index (χ4n) is 1.64. The molecule has 2 nitrogen and oxygen atoms in total. The lowest BCUT2D eigenvalue weighted by molar-refractivity contribution is 0.0167. The quantitative estimate of drug-likeness (QED) is 0.501. The van der Waals surface area contributed by atoms with Crippen molar-refractivity contribution in [1.29, 1.82) is 0 Å². The molecule has 0 spiro atoms. The summed E-state index contributed by atoms with van der Waals surface area (Å²) in [6.07, 6.45) is -0.834. The molecule has 0 aliphatic carbocycles. The zero-order valence-corrected chi connectivity index (χ0v) is 12.5. The van der Waals surface area contributed by atoms with Gasteiger partial charge in [0.2, 0.25) is 0 Å². The molecule has 19 heavy (non-hydrogen) atoms. The second-order valence-electron chi connectivity index (χ2n) is 4.21. The van der Waals surface area contributed by atoms with Gasteiger partial charge in [-0.1, -0.05) is 40.2 Å². The Morgan fingerprint density at radius 2 is 1.84 bits per heavy atom. The van der Waals surface area contributed by atoms with Crippen LogP contribution in [0.2, 0.25) is 0 Å². The summed E-state index contributed by atoms with van der Waals surface area (Å²) in [6.45, 7) is 0.542. The van der Waals surface area contributed by atoms with Gasteiger partial charge in [0.1, 0.15) is 6.61 Å². The minimum atomic E-state index is -2.39. The van der Waals surface area contributed by atoms with E-state index < -0.39 is 13.0 Å². The molecule has 1 aromatic rings. The molecule has 1 unspecified atom stereocenters. The zero-order valence-electron chi connectivity index (χ0n) is 11.0. The number of benzene rings is 1. The Bertz CT molecular complexity index is 344. The summed E-state index contributed by atoms with van der Waals surface area (Å²) in [6, 6.07) is 8.19. The summed E-state index contributed by atoms with van der Waals surface area (Å²) in [5.74, 6) is 0. The third kappa shape index (κ3) is 6.99. The van der Waals surface area contributed by atoms with Crippen LogP contribution in [0.5, 0.6) is 0 Å². The molecule has 1 atom stereocenters. The van der Waals surface area contributed by atoms with Crippen LogP contribution in [0, 0.1) is 0 Å². The van der Waals surface area contributed by atoms with Crippen LogP contribution in [0.3, 0.4) is 0 Å². The number of hydrogen-bond donors (Lipinski definition) is 0. The standard InChI is InChI=1S/C14H19BrF2O2/c1-18-8-6-11-2-4-12(5-3-11)13(15)7-9-19-10-14(16)17/h2-5,13-14H,6-10H2,1H3. The van der Waals surface area contributed by atoms with E-state index in [0.29, 0.717) is 19.6 Å². The van der Waals surface area contributed by atoms with Gasteiger partial charge in [-0.05, 0) is 24.0 Å². The molecule has 0 radical (unpaired) electrons. The summed E-state index contributed by atoms with van der Waals surface area (Å²) < 4.78 is 33.7. The predicted octanol–water partition coefficient (Wildman–Crippen LogP) is 3.98. The Balaban J connectivity index is 2.33. The van der Waals surface area contributed by atoms with Gasteiger partial charge in [-0.2, -0.15) is 0 Å². The topological polar surface area (TPSA) is 18.5 Å². The highest BCUT2D eigenvalue weighted by Crippen LogP contribution is 2.26. The van der Waals surface area contributed by atoms with E-state index in [-0.39, 0.29) is 4.83 Å². The second kappa shape index (κ2) is 9.39.